The van der Waals surface area contributed by atoms with Gasteiger partial charge in [0, 0.05) is 30.9 Å². The van der Waals surface area contributed by atoms with Crippen LogP contribution < -0.4 is 16.0 Å². The van der Waals surface area contributed by atoms with Gasteiger partial charge in [0.25, 0.3) is 0 Å². The van der Waals surface area contributed by atoms with E-state index in [4.69, 9.17) is 10.7 Å². The maximum absolute atomic E-state index is 9.52. The topological polar surface area (TPSA) is 94.1 Å². The molecule has 3 N–H and O–H groups in total. The summed E-state index contributed by atoms with van der Waals surface area (Å²) < 4.78 is 0. The minimum atomic E-state index is 0.158. The molecule has 0 spiro atoms. The molecular weight excluding hydrogens is 410 g/mol. The van der Waals surface area contributed by atoms with E-state index in [1.54, 1.807) is 6.20 Å². The first kappa shape index (κ1) is 22.1. The van der Waals surface area contributed by atoms with Crippen molar-refractivity contribution >= 4 is 17.3 Å². The van der Waals surface area contributed by atoms with Crippen LogP contribution in [0.25, 0.3) is 0 Å². The third-order valence-electron chi connectivity index (χ3n) is 7.66. The van der Waals surface area contributed by atoms with E-state index in [-0.39, 0.29) is 6.04 Å². The number of hydrogen-bond donors (Lipinski definition) is 2. The van der Waals surface area contributed by atoms with Crippen molar-refractivity contribution < 1.29 is 0 Å². The molecule has 7 nitrogen and oxygen atoms in total. The summed E-state index contributed by atoms with van der Waals surface area (Å²) in [5.74, 6) is 1.92. The molecule has 33 heavy (non-hydrogen) atoms. The summed E-state index contributed by atoms with van der Waals surface area (Å²) in [6.07, 6.45) is 11.9. The molecule has 1 atom stereocenters. The summed E-state index contributed by atoms with van der Waals surface area (Å²) in [5.41, 5.74) is 8.79. The highest BCUT2D eigenvalue weighted by Crippen LogP contribution is 2.33. The van der Waals surface area contributed by atoms with Gasteiger partial charge in [0.15, 0.2) is 11.5 Å². The SMILES string of the molecule is N#Cc1ncc(N2CCC[C@@H](N)C2)nc1Nc1ccc(C2CCN(C3CCCC3)CC2)cc1. The zero-order valence-electron chi connectivity index (χ0n) is 19.4. The van der Waals surface area contributed by atoms with Gasteiger partial charge in [-0.15, -0.1) is 0 Å². The molecule has 1 saturated carbocycles. The lowest BCUT2D eigenvalue weighted by Crippen LogP contribution is -2.43. The highest BCUT2D eigenvalue weighted by molar-refractivity contribution is 5.63. The largest absolute Gasteiger partial charge is 0.354 e. The van der Waals surface area contributed by atoms with Crippen molar-refractivity contribution in [3.8, 4) is 6.07 Å². The zero-order chi connectivity index (χ0) is 22.6. The van der Waals surface area contributed by atoms with Gasteiger partial charge in [0.2, 0.25) is 0 Å². The molecule has 0 bridgehead atoms. The van der Waals surface area contributed by atoms with Crippen LogP contribution in [0.15, 0.2) is 30.5 Å². The summed E-state index contributed by atoms with van der Waals surface area (Å²) in [5, 5.41) is 12.9. The molecule has 1 aliphatic carbocycles. The Hall–Kier alpha value is -2.69. The Bertz CT molecular complexity index is 969. The van der Waals surface area contributed by atoms with Crippen LogP contribution in [0.4, 0.5) is 17.3 Å². The predicted molar refractivity (Wildman–Crippen MR) is 132 cm³/mol. The summed E-state index contributed by atoms with van der Waals surface area (Å²) in [7, 11) is 0. The number of rotatable bonds is 5. The number of aromatic nitrogens is 2. The first-order valence-electron chi connectivity index (χ1n) is 12.6. The minimum absolute atomic E-state index is 0.158. The Balaban J connectivity index is 1.23. The average Bonchev–Trinajstić information content (AvgIpc) is 3.40. The summed E-state index contributed by atoms with van der Waals surface area (Å²) in [4.78, 5) is 14.0. The summed E-state index contributed by atoms with van der Waals surface area (Å²) in [6, 6.07) is 11.8. The van der Waals surface area contributed by atoms with Crippen molar-refractivity contribution in [2.75, 3.05) is 36.4 Å². The van der Waals surface area contributed by atoms with Gasteiger partial charge in [-0.1, -0.05) is 25.0 Å². The quantitative estimate of drug-likeness (QED) is 0.714. The van der Waals surface area contributed by atoms with Crippen LogP contribution in [0.2, 0.25) is 0 Å². The molecule has 7 heteroatoms. The van der Waals surface area contributed by atoms with Gasteiger partial charge in [-0.2, -0.15) is 5.26 Å². The summed E-state index contributed by atoms with van der Waals surface area (Å²) in [6.45, 7) is 4.14. The fourth-order valence-corrected chi connectivity index (χ4v) is 5.76. The highest BCUT2D eigenvalue weighted by atomic mass is 15.2. The molecule has 174 valence electrons. The molecule has 0 amide bonds. The van der Waals surface area contributed by atoms with E-state index in [0.717, 1.165) is 43.5 Å². The van der Waals surface area contributed by atoms with Gasteiger partial charge < -0.3 is 20.9 Å². The maximum Gasteiger partial charge on any atom is 0.183 e. The van der Waals surface area contributed by atoms with E-state index in [0.29, 0.717) is 17.4 Å². The summed E-state index contributed by atoms with van der Waals surface area (Å²) >= 11 is 0. The van der Waals surface area contributed by atoms with Gasteiger partial charge in [-0.25, -0.2) is 9.97 Å². The standard InChI is InChI=1S/C26H35N7/c27-16-24-26(31-25(17-29-24)33-13-3-4-21(28)18-33)30-22-9-7-19(8-10-22)20-11-14-32(15-12-20)23-5-1-2-6-23/h7-10,17,20-21,23H,1-6,11-15,18,28H2,(H,30,31)/t21-/m1/s1. The lowest BCUT2D eigenvalue weighted by atomic mass is 9.88. The van der Waals surface area contributed by atoms with Crippen molar-refractivity contribution in [1.29, 1.82) is 5.26 Å². The minimum Gasteiger partial charge on any atom is -0.354 e. The molecule has 1 aromatic carbocycles. The number of piperidine rings is 2. The Morgan fingerprint density at radius 1 is 0.970 bits per heavy atom. The van der Waals surface area contributed by atoms with Crippen LogP contribution in [0, 0.1) is 11.3 Å². The van der Waals surface area contributed by atoms with E-state index in [9.17, 15) is 5.26 Å². The third kappa shape index (κ3) is 5.13. The second kappa shape index (κ2) is 10.1. The molecule has 3 fully saturated rings. The van der Waals surface area contributed by atoms with Crippen LogP contribution in [0.3, 0.4) is 0 Å². The Morgan fingerprint density at radius 2 is 1.73 bits per heavy atom. The number of nitriles is 1. The van der Waals surface area contributed by atoms with Crippen molar-refractivity contribution in [1.82, 2.24) is 14.9 Å². The van der Waals surface area contributed by atoms with E-state index in [1.807, 2.05) is 0 Å². The molecule has 2 aromatic rings. The maximum atomic E-state index is 9.52. The van der Waals surface area contributed by atoms with E-state index in [2.05, 4.69) is 50.4 Å². The van der Waals surface area contributed by atoms with Crippen LogP contribution >= 0.6 is 0 Å². The van der Waals surface area contributed by atoms with Gasteiger partial charge in [-0.05, 0) is 75.2 Å². The van der Waals surface area contributed by atoms with Crippen LogP contribution in [0.1, 0.15) is 68.5 Å². The lowest BCUT2D eigenvalue weighted by Gasteiger charge is -2.36. The Morgan fingerprint density at radius 3 is 2.42 bits per heavy atom. The molecular formula is C26H35N7. The third-order valence-corrected chi connectivity index (χ3v) is 7.66. The van der Waals surface area contributed by atoms with Crippen LogP contribution in [-0.4, -0.2) is 53.1 Å². The molecule has 3 aliphatic rings. The van der Waals surface area contributed by atoms with E-state index < -0.39 is 0 Å². The smallest absolute Gasteiger partial charge is 0.183 e. The number of nitrogens with one attached hydrogen (secondary N) is 1. The van der Waals surface area contributed by atoms with Gasteiger partial charge in [-0.3, -0.25) is 0 Å². The molecule has 2 aliphatic heterocycles. The van der Waals surface area contributed by atoms with E-state index in [1.165, 1.54) is 57.2 Å². The number of anilines is 3. The fraction of sp³-hybridized carbons (Fsp3) is 0.577. The number of nitrogens with zero attached hydrogens (tertiary/aromatic N) is 5. The second-order valence-corrected chi connectivity index (χ2v) is 9.88. The van der Waals surface area contributed by atoms with Crippen molar-refractivity contribution in [3.63, 3.8) is 0 Å². The predicted octanol–water partition coefficient (Wildman–Crippen LogP) is 4.14. The zero-order valence-corrected chi connectivity index (χ0v) is 19.4. The molecule has 5 rings (SSSR count). The molecule has 2 saturated heterocycles. The van der Waals surface area contributed by atoms with Crippen LogP contribution in [-0.2, 0) is 0 Å². The van der Waals surface area contributed by atoms with Crippen molar-refractivity contribution in [2.45, 2.75) is 69.4 Å². The number of hydrogen-bond acceptors (Lipinski definition) is 7. The lowest BCUT2D eigenvalue weighted by molar-refractivity contribution is 0.154. The first-order valence-corrected chi connectivity index (χ1v) is 12.6. The van der Waals surface area contributed by atoms with Gasteiger partial charge >= 0.3 is 0 Å². The molecule has 0 unspecified atom stereocenters. The highest BCUT2D eigenvalue weighted by Gasteiger charge is 2.27. The number of likely N-dealkylation sites (tertiary alicyclic amines) is 1. The van der Waals surface area contributed by atoms with Crippen LogP contribution in [0.5, 0.6) is 0 Å². The van der Waals surface area contributed by atoms with E-state index >= 15 is 0 Å². The van der Waals surface area contributed by atoms with Crippen molar-refractivity contribution in [2.24, 2.45) is 5.73 Å². The van der Waals surface area contributed by atoms with Crippen molar-refractivity contribution in [3.05, 3.63) is 41.7 Å². The normalized spacial score (nSPS) is 22.9. The monoisotopic (exact) mass is 445 g/mol. The fourth-order valence-electron chi connectivity index (χ4n) is 5.76. The van der Waals surface area contributed by atoms with Gasteiger partial charge in [0.1, 0.15) is 11.9 Å². The molecule has 1 aromatic heterocycles. The molecule has 3 heterocycles. The molecule has 0 radical (unpaired) electrons. The second-order valence-electron chi connectivity index (χ2n) is 9.88. The average molecular weight is 446 g/mol. The van der Waals surface area contributed by atoms with Gasteiger partial charge in [0.05, 0.1) is 6.20 Å². The number of nitrogens with two attached hydrogens (primary N) is 1. The Kier molecular flexibility index (Phi) is 6.75. The number of benzene rings is 1. The Labute approximate surface area is 197 Å². The first-order chi connectivity index (χ1) is 16.2.